The van der Waals surface area contributed by atoms with Crippen molar-refractivity contribution in [2.45, 2.75) is 39.0 Å². The number of aliphatic imine (C=N–C) groups is 1. The number of aromatic nitrogens is 1. The molecule has 3 heteroatoms. The molecule has 0 fully saturated rings. The second-order valence-corrected chi connectivity index (χ2v) is 5.76. The average molecular weight is 270 g/mol. The summed E-state index contributed by atoms with van der Waals surface area (Å²) in [6.07, 6.45) is 7.97. The predicted molar refractivity (Wildman–Crippen MR) is 82.6 cm³/mol. The molecular weight excluding hydrogens is 252 g/mol. The molecule has 0 saturated carbocycles. The molecule has 1 aliphatic rings. The van der Waals surface area contributed by atoms with Crippen molar-refractivity contribution in [3.63, 3.8) is 0 Å². The van der Waals surface area contributed by atoms with Gasteiger partial charge in [0.2, 0.25) is 5.13 Å². The maximum absolute atomic E-state index is 4.59. The minimum Gasteiger partial charge on any atom is -0.232 e. The van der Waals surface area contributed by atoms with Crippen LogP contribution < -0.4 is 0 Å². The lowest BCUT2D eigenvalue weighted by atomic mass is 9.90. The molecule has 0 unspecified atom stereocenters. The van der Waals surface area contributed by atoms with E-state index >= 15 is 0 Å². The van der Waals surface area contributed by atoms with Crippen LogP contribution >= 0.6 is 11.3 Å². The Kier molecular flexibility index (Phi) is 3.74. The highest BCUT2D eigenvalue weighted by molar-refractivity contribution is 7.13. The quantitative estimate of drug-likeness (QED) is 0.735. The molecule has 0 atom stereocenters. The number of nitrogens with zero attached hydrogens (tertiary/aromatic N) is 2. The normalized spacial score (nSPS) is 14.8. The minimum atomic E-state index is 0.856. The summed E-state index contributed by atoms with van der Waals surface area (Å²) in [4.78, 5) is 8.93. The van der Waals surface area contributed by atoms with Gasteiger partial charge in [-0.05, 0) is 49.3 Å². The Morgan fingerprint density at radius 1 is 1.26 bits per heavy atom. The molecule has 0 spiro atoms. The Morgan fingerprint density at radius 2 is 2.11 bits per heavy atom. The number of hydrogen-bond acceptors (Lipinski definition) is 3. The van der Waals surface area contributed by atoms with Crippen LogP contribution in [0.2, 0.25) is 0 Å². The van der Waals surface area contributed by atoms with Crippen LogP contribution in [-0.2, 0) is 12.8 Å². The second kappa shape index (κ2) is 5.66. The van der Waals surface area contributed by atoms with E-state index in [4.69, 9.17) is 0 Å². The van der Waals surface area contributed by atoms with Crippen LogP contribution in [-0.4, -0.2) is 11.2 Å². The number of aryl methyl sites for hydroxylation is 2. The zero-order valence-electron chi connectivity index (χ0n) is 11.2. The van der Waals surface area contributed by atoms with Crippen molar-refractivity contribution < 1.29 is 0 Å². The molecule has 0 saturated heterocycles. The molecule has 0 N–H and O–H groups in total. The highest BCUT2D eigenvalue weighted by atomic mass is 32.1. The smallest absolute Gasteiger partial charge is 0.209 e. The summed E-state index contributed by atoms with van der Waals surface area (Å²) in [6, 6.07) is 6.79. The van der Waals surface area contributed by atoms with Crippen LogP contribution in [0.5, 0.6) is 0 Å². The van der Waals surface area contributed by atoms with Gasteiger partial charge >= 0.3 is 0 Å². The third kappa shape index (κ3) is 2.76. The number of thiazole rings is 1. The lowest BCUT2D eigenvalue weighted by Crippen LogP contribution is -2.02. The fourth-order valence-electron chi connectivity index (χ4n) is 2.52. The van der Waals surface area contributed by atoms with E-state index in [0.29, 0.717) is 0 Å². The summed E-state index contributed by atoms with van der Waals surface area (Å²) in [7, 11) is 0. The summed E-state index contributed by atoms with van der Waals surface area (Å²) in [5.74, 6) is 0. The maximum atomic E-state index is 4.59. The van der Waals surface area contributed by atoms with Gasteiger partial charge in [-0.3, -0.25) is 0 Å². The van der Waals surface area contributed by atoms with Gasteiger partial charge in [-0.25, -0.2) is 9.98 Å². The number of hydrogen-bond donors (Lipinski definition) is 0. The summed E-state index contributed by atoms with van der Waals surface area (Å²) in [5.41, 5.74) is 5.32. The molecule has 3 rings (SSSR count). The van der Waals surface area contributed by atoms with Gasteiger partial charge in [0.15, 0.2) is 0 Å². The Labute approximate surface area is 118 Å². The third-order valence-corrected chi connectivity index (χ3v) is 4.27. The first-order valence-electron chi connectivity index (χ1n) is 6.97. The monoisotopic (exact) mass is 270 g/mol. The van der Waals surface area contributed by atoms with Crippen LogP contribution in [0.15, 0.2) is 28.6 Å². The molecule has 0 bridgehead atoms. The first-order valence-corrected chi connectivity index (χ1v) is 7.85. The highest BCUT2D eigenvalue weighted by Crippen LogP contribution is 2.30. The second-order valence-electron chi connectivity index (χ2n) is 4.93. The van der Waals surface area contributed by atoms with Crippen LogP contribution in [0.25, 0.3) is 11.3 Å². The molecule has 0 amide bonds. The van der Waals surface area contributed by atoms with E-state index in [1.165, 1.54) is 42.4 Å². The van der Waals surface area contributed by atoms with E-state index < -0.39 is 0 Å². The van der Waals surface area contributed by atoms with Crippen molar-refractivity contribution >= 4 is 22.7 Å². The van der Waals surface area contributed by atoms with Gasteiger partial charge in [-0.15, -0.1) is 11.3 Å². The molecule has 0 radical (unpaired) electrons. The van der Waals surface area contributed by atoms with Crippen LogP contribution in [0.4, 0.5) is 5.13 Å². The average Bonchev–Trinajstić information content (AvgIpc) is 2.93. The van der Waals surface area contributed by atoms with Crippen molar-refractivity contribution in [2.75, 3.05) is 0 Å². The summed E-state index contributed by atoms with van der Waals surface area (Å²) in [6.45, 7) is 2.08. The molecule has 1 heterocycles. The van der Waals surface area contributed by atoms with Crippen LogP contribution in [0.1, 0.15) is 37.3 Å². The fourth-order valence-corrected chi connectivity index (χ4v) is 3.21. The summed E-state index contributed by atoms with van der Waals surface area (Å²) >= 11 is 1.61. The molecule has 2 nitrogen and oxygen atoms in total. The summed E-state index contributed by atoms with van der Waals surface area (Å²) < 4.78 is 0. The predicted octanol–water partition coefficient (Wildman–Crippen LogP) is 4.80. The topological polar surface area (TPSA) is 25.2 Å². The Morgan fingerprint density at radius 3 is 2.95 bits per heavy atom. The first kappa shape index (κ1) is 12.5. The van der Waals surface area contributed by atoms with Crippen molar-refractivity contribution in [2.24, 2.45) is 4.99 Å². The number of fused-ring (bicyclic) bond motifs is 1. The van der Waals surface area contributed by atoms with Crippen molar-refractivity contribution in [3.05, 3.63) is 34.7 Å². The Bertz CT molecular complexity index is 599. The van der Waals surface area contributed by atoms with Gasteiger partial charge < -0.3 is 0 Å². The zero-order chi connectivity index (χ0) is 13.1. The lowest BCUT2D eigenvalue weighted by molar-refractivity contribution is 0.686. The SMILES string of the molecule is CCC=Nc1nc(-c2ccc3c(c2)CCCC3)cs1. The zero-order valence-corrected chi connectivity index (χ0v) is 12.0. The molecule has 1 aromatic heterocycles. The minimum absolute atomic E-state index is 0.856. The Hall–Kier alpha value is -1.48. The van der Waals surface area contributed by atoms with Crippen molar-refractivity contribution in [1.82, 2.24) is 4.98 Å². The molecule has 2 aromatic rings. The van der Waals surface area contributed by atoms with E-state index in [1.54, 1.807) is 11.3 Å². The molecule has 1 aliphatic carbocycles. The van der Waals surface area contributed by atoms with E-state index in [0.717, 1.165) is 17.2 Å². The standard InChI is InChI=1S/C16H18N2S/c1-2-9-17-16-18-15(11-19-16)14-8-7-12-5-3-4-6-13(12)10-14/h7-11H,2-6H2,1H3. The van der Waals surface area contributed by atoms with E-state index in [1.807, 2.05) is 6.21 Å². The van der Waals surface area contributed by atoms with E-state index in [-0.39, 0.29) is 0 Å². The Balaban J connectivity index is 1.89. The summed E-state index contributed by atoms with van der Waals surface area (Å²) in [5, 5.41) is 2.96. The van der Waals surface area contributed by atoms with Gasteiger partial charge in [0.25, 0.3) is 0 Å². The van der Waals surface area contributed by atoms with Crippen molar-refractivity contribution in [1.29, 1.82) is 0 Å². The van der Waals surface area contributed by atoms with E-state index in [2.05, 4.69) is 40.5 Å². The fraction of sp³-hybridized carbons (Fsp3) is 0.375. The van der Waals surface area contributed by atoms with Gasteiger partial charge in [0, 0.05) is 17.2 Å². The molecular formula is C16H18N2S. The van der Waals surface area contributed by atoms with Crippen LogP contribution in [0, 0.1) is 0 Å². The van der Waals surface area contributed by atoms with Gasteiger partial charge in [-0.2, -0.15) is 0 Å². The highest BCUT2D eigenvalue weighted by Gasteiger charge is 2.11. The molecule has 19 heavy (non-hydrogen) atoms. The maximum Gasteiger partial charge on any atom is 0.209 e. The van der Waals surface area contributed by atoms with Gasteiger partial charge in [0.05, 0.1) is 5.69 Å². The largest absolute Gasteiger partial charge is 0.232 e. The van der Waals surface area contributed by atoms with E-state index in [9.17, 15) is 0 Å². The van der Waals surface area contributed by atoms with Crippen LogP contribution in [0.3, 0.4) is 0 Å². The number of rotatable bonds is 3. The third-order valence-electron chi connectivity index (χ3n) is 3.52. The molecule has 98 valence electrons. The molecule has 0 aliphatic heterocycles. The lowest BCUT2D eigenvalue weighted by Gasteiger charge is -2.15. The first-order chi connectivity index (χ1) is 9.36. The van der Waals surface area contributed by atoms with Crippen molar-refractivity contribution in [3.8, 4) is 11.3 Å². The number of benzene rings is 1. The molecule has 1 aromatic carbocycles. The van der Waals surface area contributed by atoms with Gasteiger partial charge in [0.1, 0.15) is 0 Å². The van der Waals surface area contributed by atoms with Gasteiger partial charge in [-0.1, -0.05) is 19.1 Å².